The molecule has 1 fully saturated rings. The molecule has 1 saturated heterocycles. The molecule has 0 saturated carbocycles. The van der Waals surface area contributed by atoms with Gasteiger partial charge in [0.25, 0.3) is 0 Å². The highest BCUT2D eigenvalue weighted by atomic mass is 79.9. The zero-order valence-electron chi connectivity index (χ0n) is 18.3. The molecule has 4 aromatic rings. The van der Waals surface area contributed by atoms with E-state index in [1.165, 1.54) is 7.11 Å². The molecule has 0 radical (unpaired) electrons. The predicted molar refractivity (Wildman–Crippen MR) is 139 cm³/mol. The first-order valence-electron chi connectivity index (χ1n) is 10.7. The third-order valence-electron chi connectivity index (χ3n) is 5.86. The highest BCUT2D eigenvalue weighted by Crippen LogP contribution is 2.42. The van der Waals surface area contributed by atoms with Crippen molar-refractivity contribution in [2.45, 2.75) is 12.1 Å². The summed E-state index contributed by atoms with van der Waals surface area (Å²) in [5.41, 5.74) is 4.02. The van der Waals surface area contributed by atoms with Gasteiger partial charge in [0.05, 0.1) is 30.1 Å². The van der Waals surface area contributed by atoms with Crippen LogP contribution in [-0.2, 0) is 4.74 Å². The van der Waals surface area contributed by atoms with Gasteiger partial charge in [-0.15, -0.1) is 0 Å². The summed E-state index contributed by atoms with van der Waals surface area (Å²) in [6.07, 6.45) is 3.73. The standard InChI is InChI=1S/C26H21BrN4O2S/c1-33-25(32)19-7-2-3-9-21(19)30-16-6-10-22(30)24-23(20-8-4-5-15-28-20)29-26(34)31(24)18-13-11-17(27)12-14-18/h2-16,23-24H,1H3,(H,29,34)/t23-,24+/m0/s1. The number of para-hydroxylation sites is 1. The number of carbonyl (C=O) groups is 1. The fourth-order valence-corrected chi connectivity index (χ4v) is 4.97. The summed E-state index contributed by atoms with van der Waals surface area (Å²) in [5, 5.41) is 4.09. The number of rotatable bonds is 5. The van der Waals surface area contributed by atoms with E-state index in [2.05, 4.69) is 37.2 Å². The normalized spacial score (nSPS) is 17.5. The molecular weight excluding hydrogens is 512 g/mol. The summed E-state index contributed by atoms with van der Waals surface area (Å²) in [7, 11) is 1.39. The summed E-state index contributed by atoms with van der Waals surface area (Å²) in [5.74, 6) is -0.388. The minimum atomic E-state index is -0.388. The molecule has 6 nitrogen and oxygen atoms in total. The number of anilines is 1. The van der Waals surface area contributed by atoms with Gasteiger partial charge in [0, 0.05) is 28.2 Å². The van der Waals surface area contributed by atoms with Crippen LogP contribution in [0, 0.1) is 0 Å². The number of nitrogens with one attached hydrogen (secondary N) is 1. The fraction of sp³-hybridized carbons (Fsp3) is 0.115. The van der Waals surface area contributed by atoms with Crippen molar-refractivity contribution in [1.82, 2.24) is 14.9 Å². The minimum Gasteiger partial charge on any atom is -0.465 e. The maximum atomic E-state index is 12.5. The van der Waals surface area contributed by atoms with E-state index in [1.54, 1.807) is 12.3 Å². The number of methoxy groups -OCH3 is 1. The molecule has 0 unspecified atom stereocenters. The van der Waals surface area contributed by atoms with Crippen LogP contribution < -0.4 is 10.2 Å². The molecule has 0 aliphatic carbocycles. The van der Waals surface area contributed by atoms with Crippen molar-refractivity contribution in [3.63, 3.8) is 0 Å². The maximum Gasteiger partial charge on any atom is 0.339 e. The van der Waals surface area contributed by atoms with E-state index in [1.807, 2.05) is 77.5 Å². The van der Waals surface area contributed by atoms with Crippen LogP contribution in [0.2, 0.25) is 0 Å². The smallest absolute Gasteiger partial charge is 0.339 e. The quantitative estimate of drug-likeness (QED) is 0.266. The van der Waals surface area contributed by atoms with Gasteiger partial charge in [0.1, 0.15) is 6.04 Å². The average Bonchev–Trinajstić information content (AvgIpc) is 3.49. The van der Waals surface area contributed by atoms with Gasteiger partial charge in [0.2, 0.25) is 0 Å². The van der Waals surface area contributed by atoms with Crippen molar-refractivity contribution < 1.29 is 9.53 Å². The topological polar surface area (TPSA) is 59.4 Å². The SMILES string of the molecule is COC(=O)c1ccccc1-n1cccc1[C@@H]1[C@H](c2ccccn2)NC(=S)N1c1ccc(Br)cc1. The van der Waals surface area contributed by atoms with Crippen LogP contribution in [0.5, 0.6) is 0 Å². The highest BCUT2D eigenvalue weighted by molar-refractivity contribution is 9.10. The van der Waals surface area contributed by atoms with E-state index >= 15 is 0 Å². The molecule has 5 rings (SSSR count). The van der Waals surface area contributed by atoms with Crippen LogP contribution in [0.1, 0.15) is 33.8 Å². The Morgan fingerprint density at radius 3 is 2.53 bits per heavy atom. The Kier molecular flexibility index (Phi) is 6.17. The first kappa shape index (κ1) is 22.3. The number of ether oxygens (including phenoxy) is 1. The number of aromatic nitrogens is 2. The van der Waals surface area contributed by atoms with Gasteiger partial charge in [-0.05, 0) is 72.9 Å². The Bertz CT molecular complexity index is 1340. The number of hydrogen-bond acceptors (Lipinski definition) is 4. The third kappa shape index (κ3) is 3.99. The Labute approximate surface area is 211 Å². The molecule has 8 heteroatoms. The number of carbonyl (C=O) groups excluding carboxylic acids is 1. The molecule has 2 atom stereocenters. The van der Waals surface area contributed by atoms with Crippen molar-refractivity contribution in [1.29, 1.82) is 0 Å². The molecule has 34 heavy (non-hydrogen) atoms. The van der Waals surface area contributed by atoms with Crippen LogP contribution in [0.25, 0.3) is 5.69 Å². The summed E-state index contributed by atoms with van der Waals surface area (Å²) in [6.45, 7) is 0. The number of hydrogen-bond donors (Lipinski definition) is 1. The summed E-state index contributed by atoms with van der Waals surface area (Å²) in [6, 6.07) is 24.9. The number of halogens is 1. The lowest BCUT2D eigenvalue weighted by atomic mass is 10.0. The molecule has 2 aromatic carbocycles. The second-order valence-electron chi connectivity index (χ2n) is 7.78. The second kappa shape index (κ2) is 9.40. The Hall–Kier alpha value is -3.49. The summed E-state index contributed by atoms with van der Waals surface area (Å²) < 4.78 is 8.05. The highest BCUT2D eigenvalue weighted by Gasteiger charge is 2.42. The van der Waals surface area contributed by atoms with Gasteiger partial charge < -0.3 is 19.5 Å². The minimum absolute atomic E-state index is 0.198. The first-order chi connectivity index (χ1) is 16.6. The number of benzene rings is 2. The first-order valence-corrected chi connectivity index (χ1v) is 11.9. The van der Waals surface area contributed by atoms with E-state index in [9.17, 15) is 4.79 Å². The van der Waals surface area contributed by atoms with E-state index < -0.39 is 0 Å². The monoisotopic (exact) mass is 532 g/mol. The van der Waals surface area contributed by atoms with Crippen molar-refractivity contribution in [3.05, 3.63) is 113 Å². The van der Waals surface area contributed by atoms with Gasteiger partial charge in [-0.2, -0.15) is 0 Å². The van der Waals surface area contributed by atoms with Gasteiger partial charge in [0.15, 0.2) is 5.11 Å². The second-order valence-corrected chi connectivity index (χ2v) is 9.09. The molecule has 2 aromatic heterocycles. The maximum absolute atomic E-state index is 12.5. The lowest BCUT2D eigenvalue weighted by molar-refractivity contribution is 0.0600. The molecular formula is C26H21BrN4O2S. The van der Waals surface area contributed by atoms with Crippen molar-refractivity contribution in [2.75, 3.05) is 12.0 Å². The molecule has 1 N–H and O–H groups in total. The number of nitrogens with zero attached hydrogens (tertiary/aromatic N) is 3. The molecule has 0 spiro atoms. The van der Waals surface area contributed by atoms with Crippen LogP contribution in [0.4, 0.5) is 5.69 Å². The van der Waals surface area contributed by atoms with Crippen LogP contribution >= 0.6 is 28.1 Å². The summed E-state index contributed by atoms with van der Waals surface area (Å²) >= 11 is 9.34. The molecule has 3 heterocycles. The lowest BCUT2D eigenvalue weighted by Crippen LogP contribution is -2.30. The van der Waals surface area contributed by atoms with Crippen LogP contribution in [0.15, 0.2) is 95.7 Å². The molecule has 0 bridgehead atoms. The van der Waals surface area contributed by atoms with Crippen molar-refractivity contribution >= 4 is 44.9 Å². The molecule has 1 aliphatic rings. The Morgan fingerprint density at radius 1 is 1.03 bits per heavy atom. The lowest BCUT2D eigenvalue weighted by Gasteiger charge is -2.29. The number of pyridine rings is 1. The van der Waals surface area contributed by atoms with Crippen LogP contribution in [0.3, 0.4) is 0 Å². The molecule has 0 amide bonds. The van der Waals surface area contributed by atoms with Gasteiger partial charge in [-0.1, -0.05) is 34.1 Å². The van der Waals surface area contributed by atoms with Gasteiger partial charge in [-0.3, -0.25) is 4.98 Å². The fourth-order valence-electron chi connectivity index (χ4n) is 4.36. The third-order valence-corrected chi connectivity index (χ3v) is 6.70. The number of esters is 1. The molecule has 170 valence electrons. The van der Waals surface area contributed by atoms with E-state index in [4.69, 9.17) is 17.0 Å². The number of thiocarbonyl (C=S) groups is 1. The predicted octanol–water partition coefficient (Wildman–Crippen LogP) is 5.60. The van der Waals surface area contributed by atoms with E-state index in [0.717, 1.165) is 27.2 Å². The Morgan fingerprint density at radius 2 is 1.79 bits per heavy atom. The summed E-state index contributed by atoms with van der Waals surface area (Å²) in [4.78, 5) is 19.2. The van der Waals surface area contributed by atoms with Gasteiger partial charge in [-0.25, -0.2) is 4.79 Å². The Balaban J connectivity index is 1.69. The van der Waals surface area contributed by atoms with Crippen molar-refractivity contribution in [2.24, 2.45) is 0 Å². The van der Waals surface area contributed by atoms with E-state index in [-0.39, 0.29) is 18.1 Å². The van der Waals surface area contributed by atoms with Crippen LogP contribution in [-0.4, -0.2) is 27.7 Å². The van der Waals surface area contributed by atoms with Gasteiger partial charge >= 0.3 is 5.97 Å². The zero-order chi connectivity index (χ0) is 23.7. The largest absolute Gasteiger partial charge is 0.465 e. The molecule has 1 aliphatic heterocycles. The van der Waals surface area contributed by atoms with Crippen molar-refractivity contribution in [3.8, 4) is 5.69 Å². The van der Waals surface area contributed by atoms with E-state index in [0.29, 0.717) is 10.7 Å². The average molecular weight is 533 g/mol. The zero-order valence-corrected chi connectivity index (χ0v) is 20.7.